The van der Waals surface area contributed by atoms with Gasteiger partial charge in [0, 0.05) is 43.5 Å². The fourth-order valence-corrected chi connectivity index (χ4v) is 5.17. The van der Waals surface area contributed by atoms with Crippen LogP contribution in [-0.2, 0) is 19.6 Å². The van der Waals surface area contributed by atoms with Crippen molar-refractivity contribution in [3.63, 3.8) is 0 Å². The number of carbonyl (C=O) groups excluding carboxylic acids is 2. The van der Waals surface area contributed by atoms with E-state index in [0.29, 0.717) is 5.69 Å². The third kappa shape index (κ3) is 5.51. The molecule has 1 saturated carbocycles. The number of hydrogen-bond acceptors (Lipinski definition) is 5. The molecular formula is C23H27FN4O4S. The Balaban J connectivity index is 1.31. The maximum Gasteiger partial charge on any atom is 0.243 e. The smallest absolute Gasteiger partial charge is 0.243 e. The number of benzene rings is 2. The fourth-order valence-electron chi connectivity index (χ4n) is 3.72. The molecule has 176 valence electrons. The van der Waals surface area contributed by atoms with Crippen molar-refractivity contribution >= 4 is 33.2 Å². The van der Waals surface area contributed by atoms with Crippen molar-refractivity contribution < 1.29 is 22.4 Å². The number of amides is 2. The van der Waals surface area contributed by atoms with E-state index in [1.807, 2.05) is 25.1 Å². The predicted molar refractivity (Wildman–Crippen MR) is 123 cm³/mol. The second kappa shape index (κ2) is 9.48. The number of nitrogens with one attached hydrogen (secondary N) is 2. The molecule has 2 aliphatic rings. The average molecular weight is 475 g/mol. The molecule has 2 aromatic carbocycles. The molecule has 0 atom stereocenters. The molecule has 10 heteroatoms. The third-order valence-electron chi connectivity index (χ3n) is 5.91. The van der Waals surface area contributed by atoms with Gasteiger partial charge in [-0.25, -0.2) is 12.8 Å². The van der Waals surface area contributed by atoms with Gasteiger partial charge < -0.3 is 15.5 Å². The van der Waals surface area contributed by atoms with Gasteiger partial charge in [0.1, 0.15) is 5.82 Å². The molecule has 1 saturated heterocycles. The van der Waals surface area contributed by atoms with Gasteiger partial charge in [0.2, 0.25) is 21.8 Å². The van der Waals surface area contributed by atoms with Gasteiger partial charge >= 0.3 is 0 Å². The molecule has 2 N–H and O–H groups in total. The molecule has 1 aliphatic carbocycles. The van der Waals surface area contributed by atoms with Crippen molar-refractivity contribution in [2.24, 2.45) is 5.92 Å². The summed E-state index contributed by atoms with van der Waals surface area (Å²) in [6.07, 6.45) is 1.85. The molecule has 1 aliphatic heterocycles. The van der Waals surface area contributed by atoms with Gasteiger partial charge in [-0.3, -0.25) is 9.59 Å². The number of piperazine rings is 1. The number of rotatable bonds is 7. The number of anilines is 2. The largest absolute Gasteiger partial charge is 0.376 e. The van der Waals surface area contributed by atoms with Crippen LogP contribution >= 0.6 is 0 Å². The molecule has 4 rings (SSSR count). The zero-order valence-electron chi connectivity index (χ0n) is 18.4. The van der Waals surface area contributed by atoms with E-state index in [1.54, 1.807) is 4.90 Å². The second-order valence-electron chi connectivity index (χ2n) is 8.39. The Bertz CT molecular complexity index is 1160. The molecule has 2 amide bonds. The van der Waals surface area contributed by atoms with Gasteiger partial charge in [-0.15, -0.1) is 0 Å². The first kappa shape index (κ1) is 23.2. The highest BCUT2D eigenvalue weighted by Crippen LogP contribution is 2.31. The third-order valence-corrected chi connectivity index (χ3v) is 7.80. The first-order valence-corrected chi connectivity index (χ1v) is 12.4. The number of aryl methyl sites for hydroxylation is 1. The topological polar surface area (TPSA) is 98.8 Å². The van der Waals surface area contributed by atoms with Crippen molar-refractivity contribution in [3.8, 4) is 0 Å². The van der Waals surface area contributed by atoms with Crippen molar-refractivity contribution in [1.82, 2.24) is 9.21 Å². The van der Waals surface area contributed by atoms with Crippen LogP contribution < -0.4 is 10.6 Å². The molecule has 8 nitrogen and oxygen atoms in total. The van der Waals surface area contributed by atoms with Crippen LogP contribution in [0.25, 0.3) is 0 Å². The molecule has 0 aromatic heterocycles. The lowest BCUT2D eigenvalue weighted by Crippen LogP contribution is -2.51. The van der Waals surface area contributed by atoms with Gasteiger partial charge in [0.15, 0.2) is 0 Å². The number of hydrogen-bond donors (Lipinski definition) is 2. The summed E-state index contributed by atoms with van der Waals surface area (Å²) in [4.78, 5) is 26.2. The monoisotopic (exact) mass is 474 g/mol. The van der Waals surface area contributed by atoms with Crippen LogP contribution in [0.3, 0.4) is 0 Å². The highest BCUT2D eigenvalue weighted by atomic mass is 32.2. The molecule has 2 aromatic rings. The normalized spacial score (nSPS) is 17.0. The summed E-state index contributed by atoms with van der Waals surface area (Å²) in [5.41, 5.74) is 2.38. The van der Waals surface area contributed by atoms with Gasteiger partial charge in [-0.2, -0.15) is 4.31 Å². The predicted octanol–water partition coefficient (Wildman–Crippen LogP) is 2.43. The minimum Gasteiger partial charge on any atom is -0.376 e. The Morgan fingerprint density at radius 3 is 2.45 bits per heavy atom. The Labute approximate surface area is 192 Å². The molecular weight excluding hydrogens is 447 g/mol. The van der Waals surface area contributed by atoms with Crippen LogP contribution in [0.4, 0.5) is 15.8 Å². The summed E-state index contributed by atoms with van der Waals surface area (Å²) in [5.74, 6) is -0.633. The quantitative estimate of drug-likeness (QED) is 0.642. The number of nitrogens with zero attached hydrogens (tertiary/aromatic N) is 2. The van der Waals surface area contributed by atoms with Crippen molar-refractivity contribution in [3.05, 3.63) is 53.8 Å². The van der Waals surface area contributed by atoms with Crippen LogP contribution in [0.2, 0.25) is 0 Å². The van der Waals surface area contributed by atoms with Crippen LogP contribution in [0.15, 0.2) is 47.4 Å². The van der Waals surface area contributed by atoms with Crippen molar-refractivity contribution in [2.75, 3.05) is 43.4 Å². The van der Waals surface area contributed by atoms with Crippen LogP contribution in [0.5, 0.6) is 0 Å². The summed E-state index contributed by atoms with van der Waals surface area (Å²) in [5, 5.41) is 6.02. The van der Waals surface area contributed by atoms with Crippen LogP contribution in [0, 0.1) is 18.7 Å². The molecule has 0 spiro atoms. The van der Waals surface area contributed by atoms with E-state index < -0.39 is 15.8 Å². The summed E-state index contributed by atoms with van der Waals surface area (Å²) < 4.78 is 40.2. The van der Waals surface area contributed by atoms with E-state index in [2.05, 4.69) is 10.6 Å². The number of carbonyl (C=O) groups is 2. The Morgan fingerprint density at radius 2 is 1.79 bits per heavy atom. The standard InChI is InChI=1S/C23H27FN4O4S/c1-16-5-8-19(26-23(30)17-6-7-17)14-21(16)25-15-22(29)27-9-11-28(12-10-27)33(31,32)20-4-2-3-18(24)13-20/h2-5,8,13-14,17,25H,6-7,9-12,15H2,1H3,(H,26,30). The average Bonchev–Trinajstić information content (AvgIpc) is 3.65. The van der Waals surface area contributed by atoms with E-state index in [-0.39, 0.29) is 55.4 Å². The molecule has 0 bridgehead atoms. The lowest BCUT2D eigenvalue weighted by atomic mass is 10.1. The first-order chi connectivity index (χ1) is 15.7. The minimum absolute atomic E-state index is 0.0203. The summed E-state index contributed by atoms with van der Waals surface area (Å²) in [7, 11) is -3.81. The Hall–Kier alpha value is -2.98. The first-order valence-electron chi connectivity index (χ1n) is 10.9. The second-order valence-corrected chi connectivity index (χ2v) is 10.3. The van der Waals surface area contributed by atoms with Gasteiger partial charge in [0.05, 0.1) is 11.4 Å². The lowest BCUT2D eigenvalue weighted by Gasteiger charge is -2.34. The fraction of sp³-hybridized carbons (Fsp3) is 0.391. The summed E-state index contributed by atoms with van der Waals surface area (Å²) >= 11 is 0. The van der Waals surface area contributed by atoms with Gasteiger partial charge in [-0.1, -0.05) is 12.1 Å². The highest BCUT2D eigenvalue weighted by molar-refractivity contribution is 7.89. The van der Waals surface area contributed by atoms with Crippen LogP contribution in [-0.4, -0.2) is 62.2 Å². The van der Waals surface area contributed by atoms with E-state index in [9.17, 15) is 22.4 Å². The maximum absolute atomic E-state index is 13.4. The number of sulfonamides is 1. The Morgan fingerprint density at radius 1 is 1.06 bits per heavy atom. The maximum atomic E-state index is 13.4. The zero-order valence-corrected chi connectivity index (χ0v) is 19.2. The van der Waals surface area contributed by atoms with Crippen molar-refractivity contribution in [2.45, 2.75) is 24.7 Å². The van der Waals surface area contributed by atoms with E-state index in [1.165, 1.54) is 22.5 Å². The van der Waals surface area contributed by atoms with Crippen LogP contribution in [0.1, 0.15) is 18.4 Å². The zero-order chi connectivity index (χ0) is 23.6. The van der Waals surface area contributed by atoms with Gasteiger partial charge in [-0.05, 0) is 55.7 Å². The van der Waals surface area contributed by atoms with E-state index in [4.69, 9.17) is 0 Å². The summed E-state index contributed by atoms with van der Waals surface area (Å²) in [6, 6.07) is 10.4. The molecule has 1 heterocycles. The highest BCUT2D eigenvalue weighted by Gasteiger charge is 2.31. The molecule has 0 unspecified atom stereocenters. The molecule has 2 fully saturated rings. The Kier molecular flexibility index (Phi) is 6.66. The lowest BCUT2D eigenvalue weighted by molar-refractivity contribution is -0.130. The SMILES string of the molecule is Cc1ccc(NC(=O)C2CC2)cc1NCC(=O)N1CCN(S(=O)(=O)c2cccc(F)c2)CC1. The van der Waals surface area contributed by atoms with E-state index in [0.717, 1.165) is 30.2 Å². The van der Waals surface area contributed by atoms with Crippen molar-refractivity contribution in [1.29, 1.82) is 0 Å². The summed E-state index contributed by atoms with van der Waals surface area (Å²) in [6.45, 7) is 2.77. The molecule has 0 radical (unpaired) electrons. The minimum atomic E-state index is -3.81. The number of halogens is 1. The molecule has 33 heavy (non-hydrogen) atoms. The van der Waals surface area contributed by atoms with E-state index >= 15 is 0 Å². The van der Waals surface area contributed by atoms with Gasteiger partial charge in [0.25, 0.3) is 0 Å².